The number of ether oxygens (including phenoxy) is 1. The predicted octanol–water partition coefficient (Wildman–Crippen LogP) is 2.32. The van der Waals surface area contributed by atoms with Gasteiger partial charge in [-0.15, -0.1) is 0 Å². The average molecular weight is 282 g/mol. The maximum absolute atomic E-state index is 11.2. The second-order valence-electron chi connectivity index (χ2n) is 5.12. The summed E-state index contributed by atoms with van der Waals surface area (Å²) in [7, 11) is 0. The van der Waals surface area contributed by atoms with E-state index in [4.69, 9.17) is 16.3 Å². The third kappa shape index (κ3) is 2.42. The number of likely N-dealkylation sites (tertiary alicyclic amines) is 1. The molecule has 5 heteroatoms. The number of hydrogen-bond donors (Lipinski definition) is 1. The molecule has 1 aromatic rings. The molecule has 3 rings (SSSR count). The number of nitrogens with zero attached hydrogens (tertiary/aromatic N) is 1. The van der Waals surface area contributed by atoms with E-state index >= 15 is 0 Å². The van der Waals surface area contributed by atoms with E-state index in [0.717, 1.165) is 42.7 Å². The van der Waals surface area contributed by atoms with Crippen LogP contribution in [0.4, 0.5) is 0 Å². The first-order chi connectivity index (χ1) is 9.15. The Balaban J connectivity index is 1.85. The second kappa shape index (κ2) is 5.02. The number of hydrogen-bond acceptors (Lipinski definition) is 3. The van der Waals surface area contributed by atoms with Crippen molar-refractivity contribution < 1.29 is 14.6 Å². The van der Waals surface area contributed by atoms with Gasteiger partial charge < -0.3 is 9.84 Å². The van der Waals surface area contributed by atoms with Gasteiger partial charge in [0.2, 0.25) is 0 Å². The van der Waals surface area contributed by atoms with Crippen LogP contribution in [0.5, 0.6) is 5.75 Å². The molecule has 1 unspecified atom stereocenters. The summed E-state index contributed by atoms with van der Waals surface area (Å²) in [6.07, 6.45) is 2.53. The zero-order valence-corrected chi connectivity index (χ0v) is 11.3. The number of rotatable bonds is 3. The molecule has 19 heavy (non-hydrogen) atoms. The second-order valence-corrected chi connectivity index (χ2v) is 5.55. The Labute approximate surface area is 116 Å². The van der Waals surface area contributed by atoms with E-state index in [1.165, 1.54) is 0 Å². The van der Waals surface area contributed by atoms with Crippen molar-refractivity contribution in [1.29, 1.82) is 0 Å². The van der Waals surface area contributed by atoms with Crippen LogP contribution in [0.2, 0.25) is 5.02 Å². The van der Waals surface area contributed by atoms with Crippen molar-refractivity contribution in [3.05, 3.63) is 28.3 Å². The van der Waals surface area contributed by atoms with Gasteiger partial charge in [0.25, 0.3) is 0 Å². The molecular formula is C14H16ClNO3. The Morgan fingerprint density at radius 2 is 2.37 bits per heavy atom. The molecule has 2 heterocycles. The Kier molecular flexibility index (Phi) is 3.37. The van der Waals surface area contributed by atoms with Crippen LogP contribution in [0.1, 0.15) is 24.0 Å². The monoisotopic (exact) mass is 281 g/mol. The molecule has 2 aliphatic heterocycles. The molecule has 0 spiro atoms. The lowest BCUT2D eigenvalue weighted by molar-refractivity contribution is -0.142. The van der Waals surface area contributed by atoms with E-state index in [1.807, 2.05) is 17.0 Å². The van der Waals surface area contributed by atoms with Crippen LogP contribution in [0.3, 0.4) is 0 Å². The fourth-order valence-electron chi connectivity index (χ4n) is 2.98. The van der Waals surface area contributed by atoms with Crippen molar-refractivity contribution in [3.63, 3.8) is 0 Å². The fourth-order valence-corrected chi connectivity index (χ4v) is 3.24. The van der Waals surface area contributed by atoms with Crippen molar-refractivity contribution in [3.8, 4) is 5.75 Å². The molecule has 0 radical (unpaired) electrons. The molecule has 0 saturated carbocycles. The van der Waals surface area contributed by atoms with Gasteiger partial charge in [0.1, 0.15) is 11.8 Å². The normalized spacial score (nSPS) is 22.3. The minimum absolute atomic E-state index is 0.379. The predicted molar refractivity (Wildman–Crippen MR) is 71.7 cm³/mol. The lowest BCUT2D eigenvalue weighted by atomic mass is 10.1. The fraction of sp³-hybridized carbons (Fsp3) is 0.500. The smallest absolute Gasteiger partial charge is 0.320 e. The molecule has 0 aromatic heterocycles. The molecular weight excluding hydrogens is 266 g/mol. The standard InChI is InChI=1S/C14H16ClNO3/c15-11-6-9-3-5-19-13(9)10(7-11)8-16-4-1-2-12(16)14(17)18/h6-7,12H,1-5,8H2,(H,17,18). The SMILES string of the molecule is O=C(O)C1CCCN1Cc1cc(Cl)cc2c1OCC2. The summed E-state index contributed by atoms with van der Waals surface area (Å²) in [4.78, 5) is 13.2. The number of aliphatic carboxylic acids is 1. The lowest BCUT2D eigenvalue weighted by Gasteiger charge is -2.22. The van der Waals surface area contributed by atoms with Crippen LogP contribution in [0, 0.1) is 0 Å². The largest absolute Gasteiger partial charge is 0.493 e. The number of carboxylic acids is 1. The zero-order valence-electron chi connectivity index (χ0n) is 10.6. The molecule has 1 saturated heterocycles. The summed E-state index contributed by atoms with van der Waals surface area (Å²) in [6.45, 7) is 2.10. The van der Waals surface area contributed by atoms with Crippen LogP contribution in [-0.2, 0) is 17.8 Å². The van der Waals surface area contributed by atoms with Gasteiger partial charge >= 0.3 is 5.97 Å². The Hall–Kier alpha value is -1.26. The first-order valence-corrected chi connectivity index (χ1v) is 6.94. The first kappa shape index (κ1) is 12.8. The van der Waals surface area contributed by atoms with Crippen molar-refractivity contribution in [2.75, 3.05) is 13.2 Å². The van der Waals surface area contributed by atoms with Crippen LogP contribution in [0.25, 0.3) is 0 Å². The van der Waals surface area contributed by atoms with Gasteiger partial charge in [0.05, 0.1) is 6.61 Å². The number of halogens is 1. The minimum atomic E-state index is -0.739. The number of benzene rings is 1. The summed E-state index contributed by atoms with van der Waals surface area (Å²) in [5.74, 6) is 0.164. The van der Waals surface area contributed by atoms with Crippen LogP contribution < -0.4 is 4.74 Å². The highest BCUT2D eigenvalue weighted by Gasteiger charge is 2.31. The molecule has 4 nitrogen and oxygen atoms in total. The van der Waals surface area contributed by atoms with Gasteiger partial charge in [-0.1, -0.05) is 11.6 Å². The van der Waals surface area contributed by atoms with Crippen molar-refractivity contribution in [1.82, 2.24) is 4.90 Å². The molecule has 0 aliphatic carbocycles. The molecule has 1 atom stereocenters. The van der Waals surface area contributed by atoms with E-state index in [1.54, 1.807) is 0 Å². The highest BCUT2D eigenvalue weighted by molar-refractivity contribution is 6.30. The summed E-state index contributed by atoms with van der Waals surface area (Å²) in [6, 6.07) is 3.45. The quantitative estimate of drug-likeness (QED) is 0.924. The Morgan fingerprint density at radius 1 is 1.53 bits per heavy atom. The van der Waals surface area contributed by atoms with Crippen LogP contribution in [-0.4, -0.2) is 35.2 Å². The highest BCUT2D eigenvalue weighted by atomic mass is 35.5. The summed E-state index contributed by atoms with van der Waals surface area (Å²) < 4.78 is 5.66. The number of carbonyl (C=O) groups is 1. The van der Waals surface area contributed by atoms with Gasteiger partial charge in [-0.25, -0.2) is 0 Å². The highest BCUT2D eigenvalue weighted by Crippen LogP contribution is 2.34. The van der Waals surface area contributed by atoms with Gasteiger partial charge in [-0.3, -0.25) is 9.69 Å². The zero-order chi connectivity index (χ0) is 13.4. The Bertz CT molecular complexity index is 518. The summed E-state index contributed by atoms with van der Waals surface area (Å²) >= 11 is 6.12. The summed E-state index contributed by atoms with van der Waals surface area (Å²) in [5.41, 5.74) is 2.14. The number of fused-ring (bicyclic) bond motifs is 1. The van der Waals surface area contributed by atoms with E-state index in [0.29, 0.717) is 18.2 Å². The molecule has 102 valence electrons. The molecule has 1 aromatic carbocycles. The first-order valence-electron chi connectivity index (χ1n) is 6.56. The van der Waals surface area contributed by atoms with Gasteiger partial charge in [-0.05, 0) is 37.1 Å². The lowest BCUT2D eigenvalue weighted by Crippen LogP contribution is -2.35. The van der Waals surface area contributed by atoms with Gasteiger partial charge in [0.15, 0.2) is 0 Å². The molecule has 0 amide bonds. The van der Waals surface area contributed by atoms with Crippen LogP contribution >= 0.6 is 11.6 Å². The topological polar surface area (TPSA) is 49.8 Å². The van der Waals surface area contributed by atoms with E-state index in [9.17, 15) is 9.90 Å². The molecule has 1 fully saturated rings. The van der Waals surface area contributed by atoms with Crippen molar-refractivity contribution >= 4 is 17.6 Å². The van der Waals surface area contributed by atoms with E-state index in [2.05, 4.69) is 0 Å². The average Bonchev–Trinajstić information content (AvgIpc) is 2.96. The van der Waals surface area contributed by atoms with Crippen molar-refractivity contribution in [2.24, 2.45) is 0 Å². The number of carboxylic acid groups (broad SMARTS) is 1. The third-order valence-electron chi connectivity index (χ3n) is 3.85. The van der Waals surface area contributed by atoms with E-state index in [-0.39, 0.29) is 6.04 Å². The van der Waals surface area contributed by atoms with Gasteiger partial charge in [0, 0.05) is 23.6 Å². The molecule has 1 N–H and O–H groups in total. The third-order valence-corrected chi connectivity index (χ3v) is 4.07. The van der Waals surface area contributed by atoms with Crippen molar-refractivity contribution in [2.45, 2.75) is 31.8 Å². The van der Waals surface area contributed by atoms with Crippen LogP contribution in [0.15, 0.2) is 12.1 Å². The van der Waals surface area contributed by atoms with E-state index < -0.39 is 5.97 Å². The maximum Gasteiger partial charge on any atom is 0.320 e. The Morgan fingerprint density at radius 3 is 3.16 bits per heavy atom. The molecule has 0 bridgehead atoms. The minimum Gasteiger partial charge on any atom is -0.493 e. The maximum atomic E-state index is 11.2. The van der Waals surface area contributed by atoms with Gasteiger partial charge in [-0.2, -0.15) is 0 Å². The summed E-state index contributed by atoms with van der Waals surface area (Å²) in [5, 5.41) is 9.91. The molecule has 2 aliphatic rings.